The quantitative estimate of drug-likeness (QED) is 0.575. The lowest BCUT2D eigenvalue weighted by molar-refractivity contribution is -0.0133. The zero-order valence-corrected chi connectivity index (χ0v) is 7.51. The molecular weight excluding hydrogens is 136 g/mol. The minimum Gasteiger partial charge on any atom is -0.393 e. The second-order valence-electron chi connectivity index (χ2n) is 4.11. The van der Waals surface area contributed by atoms with Crippen molar-refractivity contribution in [1.82, 2.24) is 0 Å². The highest BCUT2D eigenvalue weighted by molar-refractivity contribution is 4.97. The third-order valence-corrected chi connectivity index (χ3v) is 3.09. The van der Waals surface area contributed by atoms with Gasteiger partial charge in [0.05, 0.1) is 6.10 Å². The van der Waals surface area contributed by atoms with Crippen LogP contribution in [0, 0.1) is 11.3 Å². The van der Waals surface area contributed by atoms with Crippen molar-refractivity contribution in [1.29, 1.82) is 0 Å². The van der Waals surface area contributed by atoms with Gasteiger partial charge in [-0.1, -0.05) is 26.3 Å². The van der Waals surface area contributed by atoms with Gasteiger partial charge in [0, 0.05) is 0 Å². The maximum Gasteiger partial charge on any atom is 0.0596 e. The van der Waals surface area contributed by atoms with Crippen molar-refractivity contribution < 1.29 is 5.11 Å². The van der Waals surface area contributed by atoms with Crippen molar-refractivity contribution in [2.45, 2.75) is 39.2 Å². The Labute approximate surface area is 69.1 Å². The van der Waals surface area contributed by atoms with Crippen molar-refractivity contribution in [3.8, 4) is 0 Å². The summed E-state index contributed by atoms with van der Waals surface area (Å²) < 4.78 is 0. The molecule has 11 heavy (non-hydrogen) atoms. The zero-order valence-electron chi connectivity index (χ0n) is 7.51. The molecule has 64 valence electrons. The van der Waals surface area contributed by atoms with Gasteiger partial charge < -0.3 is 5.11 Å². The molecule has 1 aliphatic rings. The first-order valence-corrected chi connectivity index (χ1v) is 4.39. The van der Waals surface area contributed by atoms with Crippen LogP contribution >= 0.6 is 0 Å². The number of hydrogen-bond donors (Lipinski definition) is 1. The maximum absolute atomic E-state index is 9.69. The summed E-state index contributed by atoms with van der Waals surface area (Å²) in [4.78, 5) is 0. The summed E-state index contributed by atoms with van der Waals surface area (Å²) in [6.07, 6.45) is 5.13. The van der Waals surface area contributed by atoms with Crippen LogP contribution in [-0.4, -0.2) is 11.2 Å². The molecule has 0 saturated heterocycles. The molecule has 2 unspecified atom stereocenters. The van der Waals surface area contributed by atoms with Gasteiger partial charge in [-0.25, -0.2) is 0 Å². The minimum absolute atomic E-state index is 0.0417. The Bertz CT molecular complexity index is 149. The summed E-state index contributed by atoms with van der Waals surface area (Å²) in [5.74, 6) is 0.492. The number of hydrogen-bond acceptors (Lipinski definition) is 1. The Morgan fingerprint density at radius 2 is 2.09 bits per heavy atom. The summed E-state index contributed by atoms with van der Waals surface area (Å²) in [6.45, 7) is 8.06. The smallest absolute Gasteiger partial charge is 0.0596 e. The number of rotatable bonds is 1. The van der Waals surface area contributed by atoms with Crippen LogP contribution in [0.5, 0.6) is 0 Å². The van der Waals surface area contributed by atoms with E-state index in [1.807, 2.05) is 6.08 Å². The van der Waals surface area contributed by atoms with Crippen LogP contribution in [0.4, 0.5) is 0 Å². The van der Waals surface area contributed by atoms with E-state index >= 15 is 0 Å². The number of aliphatic hydroxyl groups excluding tert-OH is 1. The van der Waals surface area contributed by atoms with Crippen molar-refractivity contribution in [3.05, 3.63) is 12.7 Å². The first-order chi connectivity index (χ1) is 5.09. The van der Waals surface area contributed by atoms with Crippen LogP contribution in [-0.2, 0) is 0 Å². The molecular formula is C10H18O. The molecule has 0 aromatic carbocycles. The SMILES string of the molecule is C=CC1CCCC(O)C1(C)C. The normalized spacial score (nSPS) is 36.6. The van der Waals surface area contributed by atoms with Gasteiger partial charge in [-0.05, 0) is 24.2 Å². The van der Waals surface area contributed by atoms with Crippen LogP contribution in [0.25, 0.3) is 0 Å². The predicted octanol–water partition coefficient (Wildman–Crippen LogP) is 2.36. The van der Waals surface area contributed by atoms with Crippen LogP contribution in [0.1, 0.15) is 33.1 Å². The summed E-state index contributed by atoms with van der Waals surface area (Å²) in [7, 11) is 0. The highest BCUT2D eigenvalue weighted by Gasteiger charge is 2.37. The summed E-state index contributed by atoms with van der Waals surface area (Å²) in [5.41, 5.74) is 0.0417. The Kier molecular flexibility index (Phi) is 2.38. The Morgan fingerprint density at radius 3 is 2.55 bits per heavy atom. The summed E-state index contributed by atoms with van der Waals surface area (Å²) in [5, 5.41) is 9.69. The standard InChI is InChI=1S/C10H18O/c1-4-8-6-5-7-9(11)10(8,2)3/h4,8-9,11H,1,5-7H2,2-3H3. The Balaban J connectivity index is 2.72. The van der Waals surface area contributed by atoms with Crippen molar-refractivity contribution in [2.24, 2.45) is 11.3 Å². The minimum atomic E-state index is -0.140. The Morgan fingerprint density at radius 1 is 1.45 bits per heavy atom. The highest BCUT2D eigenvalue weighted by Crippen LogP contribution is 2.41. The second-order valence-corrected chi connectivity index (χ2v) is 4.11. The van der Waals surface area contributed by atoms with E-state index in [0.717, 1.165) is 12.8 Å². The molecule has 0 heterocycles. The fraction of sp³-hybridized carbons (Fsp3) is 0.800. The lowest BCUT2D eigenvalue weighted by atomic mass is 9.67. The molecule has 0 spiro atoms. The average Bonchev–Trinajstić information content (AvgIpc) is 1.95. The largest absolute Gasteiger partial charge is 0.393 e. The van der Waals surface area contributed by atoms with E-state index in [2.05, 4.69) is 20.4 Å². The lowest BCUT2D eigenvalue weighted by Crippen LogP contribution is -2.39. The average molecular weight is 154 g/mol. The number of aliphatic hydroxyl groups is 1. The molecule has 1 heteroatoms. The van der Waals surface area contributed by atoms with Gasteiger partial charge >= 0.3 is 0 Å². The van der Waals surface area contributed by atoms with E-state index in [9.17, 15) is 5.11 Å². The van der Waals surface area contributed by atoms with Gasteiger partial charge in [0.2, 0.25) is 0 Å². The van der Waals surface area contributed by atoms with Crippen molar-refractivity contribution >= 4 is 0 Å². The third-order valence-electron chi connectivity index (χ3n) is 3.09. The molecule has 0 aliphatic heterocycles. The van der Waals surface area contributed by atoms with Gasteiger partial charge in [-0.15, -0.1) is 6.58 Å². The van der Waals surface area contributed by atoms with Crippen LogP contribution in [0.15, 0.2) is 12.7 Å². The Hall–Kier alpha value is -0.300. The molecule has 1 aliphatic carbocycles. The third kappa shape index (κ3) is 1.48. The van der Waals surface area contributed by atoms with E-state index in [1.54, 1.807) is 0 Å². The van der Waals surface area contributed by atoms with Crippen LogP contribution < -0.4 is 0 Å². The summed E-state index contributed by atoms with van der Waals surface area (Å²) in [6, 6.07) is 0. The first-order valence-electron chi connectivity index (χ1n) is 4.39. The van der Waals surface area contributed by atoms with Crippen molar-refractivity contribution in [3.63, 3.8) is 0 Å². The molecule has 2 atom stereocenters. The molecule has 0 amide bonds. The van der Waals surface area contributed by atoms with E-state index in [4.69, 9.17) is 0 Å². The van der Waals surface area contributed by atoms with E-state index in [1.165, 1.54) is 6.42 Å². The molecule has 0 bridgehead atoms. The molecule has 1 fully saturated rings. The maximum atomic E-state index is 9.69. The van der Waals surface area contributed by atoms with Gasteiger partial charge in [-0.2, -0.15) is 0 Å². The molecule has 1 saturated carbocycles. The van der Waals surface area contributed by atoms with E-state index in [0.29, 0.717) is 5.92 Å². The van der Waals surface area contributed by atoms with E-state index in [-0.39, 0.29) is 11.5 Å². The highest BCUT2D eigenvalue weighted by atomic mass is 16.3. The van der Waals surface area contributed by atoms with Gasteiger partial charge in [0.25, 0.3) is 0 Å². The fourth-order valence-corrected chi connectivity index (χ4v) is 1.94. The van der Waals surface area contributed by atoms with Crippen LogP contribution in [0.2, 0.25) is 0 Å². The molecule has 0 aromatic rings. The molecule has 1 N–H and O–H groups in total. The van der Waals surface area contributed by atoms with Crippen molar-refractivity contribution in [2.75, 3.05) is 0 Å². The molecule has 1 rings (SSSR count). The molecule has 1 nitrogen and oxygen atoms in total. The fourth-order valence-electron chi connectivity index (χ4n) is 1.94. The molecule has 0 radical (unpaired) electrons. The second kappa shape index (κ2) is 2.98. The van der Waals surface area contributed by atoms with Gasteiger partial charge in [0.15, 0.2) is 0 Å². The van der Waals surface area contributed by atoms with E-state index < -0.39 is 0 Å². The lowest BCUT2D eigenvalue weighted by Gasteiger charge is -2.41. The number of allylic oxidation sites excluding steroid dienone is 1. The first kappa shape index (κ1) is 8.79. The zero-order chi connectivity index (χ0) is 8.48. The summed E-state index contributed by atoms with van der Waals surface area (Å²) >= 11 is 0. The topological polar surface area (TPSA) is 20.2 Å². The monoisotopic (exact) mass is 154 g/mol. The van der Waals surface area contributed by atoms with Crippen LogP contribution in [0.3, 0.4) is 0 Å². The van der Waals surface area contributed by atoms with Gasteiger partial charge in [-0.3, -0.25) is 0 Å². The van der Waals surface area contributed by atoms with Gasteiger partial charge in [0.1, 0.15) is 0 Å². The predicted molar refractivity (Wildman–Crippen MR) is 47.3 cm³/mol. The molecule has 0 aromatic heterocycles.